The molecular formula is C12H11N3O3S. The Morgan fingerprint density at radius 3 is 3.05 bits per heavy atom. The summed E-state index contributed by atoms with van der Waals surface area (Å²) in [5.41, 5.74) is 0. The van der Waals surface area contributed by atoms with E-state index in [0.29, 0.717) is 16.7 Å². The predicted octanol–water partition coefficient (Wildman–Crippen LogP) is 1.91. The first kappa shape index (κ1) is 13.2. The van der Waals surface area contributed by atoms with Crippen LogP contribution in [0.25, 0.3) is 6.08 Å². The minimum Gasteiger partial charge on any atom is -0.465 e. The molecule has 2 heterocycles. The molecule has 19 heavy (non-hydrogen) atoms. The molecule has 0 unspecified atom stereocenters. The topological polar surface area (TPSA) is 85.1 Å². The van der Waals surface area contributed by atoms with Crippen molar-refractivity contribution in [3.8, 4) is 0 Å². The van der Waals surface area contributed by atoms with Crippen LogP contribution in [0.3, 0.4) is 0 Å². The van der Waals surface area contributed by atoms with Gasteiger partial charge in [0.05, 0.1) is 12.7 Å². The van der Waals surface area contributed by atoms with Gasteiger partial charge in [0.25, 0.3) is 0 Å². The lowest BCUT2D eigenvalue weighted by Gasteiger charge is -1.93. The zero-order valence-corrected chi connectivity index (χ0v) is 10.9. The Balaban J connectivity index is 1.91. The van der Waals surface area contributed by atoms with Gasteiger partial charge in [-0.2, -0.15) is 4.37 Å². The average molecular weight is 277 g/mol. The number of carbonyl (C=O) groups is 2. The molecule has 0 atom stereocenters. The molecule has 2 rings (SSSR count). The zero-order valence-electron chi connectivity index (χ0n) is 10.1. The number of nitrogens with zero attached hydrogens (tertiary/aromatic N) is 2. The van der Waals surface area contributed by atoms with Crippen molar-refractivity contribution < 1.29 is 14.0 Å². The molecule has 0 aliphatic rings. The Kier molecular flexibility index (Phi) is 4.19. The minimum absolute atomic E-state index is 0.0200. The molecule has 0 bridgehead atoms. The molecule has 2 aromatic rings. The molecule has 1 amide bonds. The van der Waals surface area contributed by atoms with Crippen LogP contribution in [0.4, 0.5) is 5.13 Å². The van der Waals surface area contributed by atoms with Crippen LogP contribution in [-0.4, -0.2) is 21.0 Å². The van der Waals surface area contributed by atoms with Gasteiger partial charge in [0.2, 0.25) is 11.0 Å². The van der Waals surface area contributed by atoms with Gasteiger partial charge in [-0.25, -0.2) is 4.98 Å². The maximum Gasteiger partial charge on any atom is 0.250 e. The lowest BCUT2D eigenvalue weighted by atomic mass is 10.3. The summed E-state index contributed by atoms with van der Waals surface area (Å²) < 4.78 is 9.02. The average Bonchev–Trinajstić information content (AvgIpc) is 2.97. The van der Waals surface area contributed by atoms with Gasteiger partial charge < -0.3 is 4.42 Å². The van der Waals surface area contributed by atoms with E-state index in [4.69, 9.17) is 4.42 Å². The van der Waals surface area contributed by atoms with Crippen LogP contribution in [0.5, 0.6) is 0 Å². The highest BCUT2D eigenvalue weighted by Gasteiger charge is 2.07. The molecule has 0 aliphatic heterocycles. The number of ketones is 1. The maximum atomic E-state index is 11.6. The first-order chi connectivity index (χ1) is 9.13. The highest BCUT2D eigenvalue weighted by molar-refractivity contribution is 7.09. The van der Waals surface area contributed by atoms with Crippen LogP contribution in [0.2, 0.25) is 0 Å². The molecule has 0 fully saturated rings. The van der Waals surface area contributed by atoms with E-state index in [9.17, 15) is 9.59 Å². The van der Waals surface area contributed by atoms with Crippen LogP contribution >= 0.6 is 11.5 Å². The van der Waals surface area contributed by atoms with E-state index in [1.165, 1.54) is 19.3 Å². The van der Waals surface area contributed by atoms with E-state index in [2.05, 4.69) is 14.7 Å². The number of amides is 1. The molecule has 6 nitrogen and oxygen atoms in total. The Hall–Kier alpha value is -2.28. The third kappa shape index (κ3) is 4.14. The second-order valence-electron chi connectivity index (χ2n) is 3.73. The van der Waals surface area contributed by atoms with Gasteiger partial charge in [-0.1, -0.05) is 0 Å². The van der Waals surface area contributed by atoms with Gasteiger partial charge >= 0.3 is 0 Å². The standard InChI is InChI=1S/C12H11N3O3S/c1-8(16)7-10-13-12(19-15-10)14-11(17)5-4-9-3-2-6-18-9/h2-6H,7H2,1H3,(H,13,14,15,17). The second kappa shape index (κ2) is 6.05. The van der Waals surface area contributed by atoms with Crippen molar-refractivity contribution in [1.82, 2.24) is 9.36 Å². The number of hydrogen-bond acceptors (Lipinski definition) is 6. The van der Waals surface area contributed by atoms with Gasteiger partial charge in [0.15, 0.2) is 5.82 Å². The first-order valence-electron chi connectivity index (χ1n) is 5.48. The summed E-state index contributed by atoms with van der Waals surface area (Å²) in [6.07, 6.45) is 4.59. The molecule has 98 valence electrons. The molecule has 0 radical (unpaired) electrons. The molecule has 0 saturated carbocycles. The van der Waals surface area contributed by atoms with Crippen molar-refractivity contribution in [1.29, 1.82) is 0 Å². The molecular weight excluding hydrogens is 266 g/mol. The zero-order chi connectivity index (χ0) is 13.7. The van der Waals surface area contributed by atoms with Crippen molar-refractivity contribution in [2.24, 2.45) is 0 Å². The van der Waals surface area contributed by atoms with Crippen molar-refractivity contribution in [3.05, 3.63) is 36.1 Å². The largest absolute Gasteiger partial charge is 0.465 e. The number of nitrogens with one attached hydrogen (secondary N) is 1. The van der Waals surface area contributed by atoms with Gasteiger partial charge in [-0.3, -0.25) is 14.9 Å². The van der Waals surface area contributed by atoms with Gasteiger partial charge in [0, 0.05) is 17.6 Å². The molecule has 7 heteroatoms. The molecule has 1 N–H and O–H groups in total. The summed E-state index contributed by atoms with van der Waals surface area (Å²) in [7, 11) is 0. The summed E-state index contributed by atoms with van der Waals surface area (Å²) in [4.78, 5) is 26.5. The third-order valence-corrected chi connectivity index (χ3v) is 2.72. The number of carbonyl (C=O) groups excluding carboxylic acids is 2. The number of hydrogen-bond donors (Lipinski definition) is 1. The Morgan fingerprint density at radius 1 is 1.53 bits per heavy atom. The van der Waals surface area contributed by atoms with Crippen LogP contribution in [0.1, 0.15) is 18.5 Å². The summed E-state index contributed by atoms with van der Waals surface area (Å²) in [5, 5.41) is 2.93. The summed E-state index contributed by atoms with van der Waals surface area (Å²) in [6, 6.07) is 3.47. The number of aromatic nitrogens is 2. The van der Waals surface area contributed by atoms with E-state index in [0.717, 1.165) is 11.5 Å². The molecule has 0 aromatic carbocycles. The van der Waals surface area contributed by atoms with Crippen molar-refractivity contribution in [2.45, 2.75) is 13.3 Å². The fourth-order valence-electron chi connectivity index (χ4n) is 1.29. The Morgan fingerprint density at radius 2 is 2.37 bits per heavy atom. The number of anilines is 1. The minimum atomic E-state index is -0.332. The number of furan rings is 1. The van der Waals surface area contributed by atoms with E-state index < -0.39 is 0 Å². The molecule has 0 saturated heterocycles. The maximum absolute atomic E-state index is 11.6. The van der Waals surface area contributed by atoms with Crippen molar-refractivity contribution >= 4 is 34.4 Å². The van der Waals surface area contributed by atoms with E-state index in [1.54, 1.807) is 18.2 Å². The van der Waals surface area contributed by atoms with Gasteiger partial charge in [-0.05, 0) is 25.1 Å². The highest BCUT2D eigenvalue weighted by Crippen LogP contribution is 2.11. The highest BCUT2D eigenvalue weighted by atomic mass is 32.1. The van der Waals surface area contributed by atoms with Crippen molar-refractivity contribution in [3.63, 3.8) is 0 Å². The molecule has 0 spiro atoms. The van der Waals surface area contributed by atoms with Crippen LogP contribution in [0, 0.1) is 0 Å². The lowest BCUT2D eigenvalue weighted by Crippen LogP contribution is -2.07. The summed E-state index contributed by atoms with van der Waals surface area (Å²) >= 11 is 1.04. The fraction of sp³-hybridized carbons (Fsp3) is 0.167. The smallest absolute Gasteiger partial charge is 0.250 e. The lowest BCUT2D eigenvalue weighted by molar-refractivity contribution is -0.116. The van der Waals surface area contributed by atoms with Gasteiger partial charge in [0.1, 0.15) is 11.5 Å². The Bertz CT molecular complexity index is 602. The third-order valence-electron chi connectivity index (χ3n) is 2.05. The summed E-state index contributed by atoms with van der Waals surface area (Å²) in [5.74, 6) is 0.655. The normalized spacial score (nSPS) is 10.8. The van der Waals surface area contributed by atoms with E-state index in [1.807, 2.05) is 0 Å². The molecule has 2 aromatic heterocycles. The van der Waals surface area contributed by atoms with E-state index in [-0.39, 0.29) is 18.1 Å². The van der Waals surface area contributed by atoms with Crippen LogP contribution in [-0.2, 0) is 16.0 Å². The quantitative estimate of drug-likeness (QED) is 0.844. The van der Waals surface area contributed by atoms with Crippen LogP contribution in [0.15, 0.2) is 28.9 Å². The van der Waals surface area contributed by atoms with E-state index >= 15 is 0 Å². The molecule has 0 aliphatic carbocycles. The SMILES string of the molecule is CC(=O)Cc1nsc(NC(=O)C=Cc2ccco2)n1. The van der Waals surface area contributed by atoms with Gasteiger partial charge in [-0.15, -0.1) is 0 Å². The number of Topliss-reactive ketones (excluding diaryl/α,β-unsaturated/α-hetero) is 1. The predicted molar refractivity (Wildman–Crippen MR) is 70.7 cm³/mol. The van der Waals surface area contributed by atoms with Crippen LogP contribution < -0.4 is 5.32 Å². The summed E-state index contributed by atoms with van der Waals surface area (Å²) in [6.45, 7) is 1.46. The fourth-order valence-corrected chi connectivity index (χ4v) is 1.88. The number of rotatable bonds is 5. The Labute approximate surface area is 113 Å². The second-order valence-corrected chi connectivity index (χ2v) is 4.48. The monoisotopic (exact) mass is 277 g/mol. The first-order valence-corrected chi connectivity index (χ1v) is 6.25. The van der Waals surface area contributed by atoms with Crippen molar-refractivity contribution in [2.75, 3.05) is 5.32 Å².